The maximum absolute atomic E-state index is 12.0. The van der Waals surface area contributed by atoms with Crippen LogP contribution in [0.15, 0.2) is 18.2 Å². The highest BCUT2D eigenvalue weighted by molar-refractivity contribution is 9.09. The molecule has 0 radical (unpaired) electrons. The maximum atomic E-state index is 12.0. The quantitative estimate of drug-likeness (QED) is 0.0506. The van der Waals surface area contributed by atoms with Crippen molar-refractivity contribution in [2.24, 2.45) is 0 Å². The Bertz CT molecular complexity index is 705. The molecule has 0 bridgehead atoms. The molecule has 0 spiro atoms. The third-order valence-electron chi connectivity index (χ3n) is 7.86. The number of halogens is 1. The van der Waals surface area contributed by atoms with Gasteiger partial charge in [-0.25, -0.2) is 0 Å². The van der Waals surface area contributed by atoms with Crippen LogP contribution in [-0.4, -0.2) is 17.9 Å². The monoisotopic (exact) mass is 622 g/mol. The van der Waals surface area contributed by atoms with Gasteiger partial charge in [-0.3, -0.25) is 4.79 Å². The fourth-order valence-corrected chi connectivity index (χ4v) is 5.49. The molecular formula is C36H63BrO3. The number of ether oxygens (including phenoxy) is 2. The zero-order chi connectivity index (χ0) is 28.9. The second-order valence-electron chi connectivity index (χ2n) is 11.7. The number of carbonyl (C=O) groups excluding carboxylic acids is 1. The van der Waals surface area contributed by atoms with Gasteiger partial charge in [-0.05, 0) is 37.3 Å². The summed E-state index contributed by atoms with van der Waals surface area (Å²) >= 11 is 3.38. The highest BCUT2D eigenvalue weighted by Gasteiger charge is 2.10. The summed E-state index contributed by atoms with van der Waals surface area (Å²) in [6.45, 7) is 5.59. The van der Waals surface area contributed by atoms with Crippen LogP contribution >= 0.6 is 15.9 Å². The van der Waals surface area contributed by atoms with Crippen molar-refractivity contribution in [3.63, 3.8) is 0 Å². The van der Waals surface area contributed by atoms with Gasteiger partial charge in [-0.2, -0.15) is 0 Å². The molecule has 0 aliphatic rings. The molecule has 0 fully saturated rings. The van der Waals surface area contributed by atoms with Gasteiger partial charge in [-0.1, -0.05) is 164 Å². The number of esters is 1. The first-order chi connectivity index (χ1) is 19.7. The number of aryl methyl sites for hydroxylation is 1. The normalized spacial score (nSPS) is 11.2. The number of hydrogen-bond acceptors (Lipinski definition) is 3. The molecule has 40 heavy (non-hydrogen) atoms. The Morgan fingerprint density at radius 2 is 1.15 bits per heavy atom. The van der Waals surface area contributed by atoms with Crippen LogP contribution in [0.1, 0.15) is 173 Å². The van der Waals surface area contributed by atoms with Crippen LogP contribution in [0.4, 0.5) is 0 Å². The second kappa shape index (κ2) is 28.1. The topological polar surface area (TPSA) is 35.5 Å². The predicted molar refractivity (Wildman–Crippen MR) is 177 cm³/mol. The number of hydrogen-bond donors (Lipinski definition) is 0. The van der Waals surface area contributed by atoms with E-state index < -0.39 is 0 Å². The van der Waals surface area contributed by atoms with E-state index in [9.17, 15) is 4.79 Å². The molecule has 0 heterocycles. The molecule has 0 amide bonds. The highest BCUT2D eigenvalue weighted by atomic mass is 79.9. The second-order valence-corrected chi connectivity index (χ2v) is 12.5. The fourth-order valence-electron chi connectivity index (χ4n) is 5.21. The predicted octanol–water partition coefficient (Wildman–Crippen LogP) is 12.1. The van der Waals surface area contributed by atoms with Gasteiger partial charge < -0.3 is 9.47 Å². The van der Waals surface area contributed by atoms with Gasteiger partial charge in [0, 0.05) is 17.3 Å². The van der Waals surface area contributed by atoms with Crippen LogP contribution in [0.25, 0.3) is 0 Å². The molecule has 232 valence electrons. The average Bonchev–Trinajstić information content (AvgIpc) is 2.97. The Morgan fingerprint density at radius 3 is 1.68 bits per heavy atom. The van der Waals surface area contributed by atoms with Crippen LogP contribution < -0.4 is 4.74 Å². The van der Waals surface area contributed by atoms with Crippen molar-refractivity contribution in [3.05, 3.63) is 29.3 Å². The van der Waals surface area contributed by atoms with Gasteiger partial charge in [-0.15, -0.1) is 0 Å². The molecule has 0 aliphatic heterocycles. The third-order valence-corrected chi connectivity index (χ3v) is 8.42. The molecule has 1 aromatic carbocycles. The van der Waals surface area contributed by atoms with Crippen molar-refractivity contribution in [3.8, 4) is 5.75 Å². The van der Waals surface area contributed by atoms with E-state index >= 15 is 0 Å². The van der Waals surface area contributed by atoms with Crippen LogP contribution in [0.2, 0.25) is 0 Å². The molecule has 1 aromatic rings. The molecule has 0 unspecified atom stereocenters. The number of alkyl halides is 1. The Labute approximate surface area is 257 Å². The summed E-state index contributed by atoms with van der Waals surface area (Å²) in [6.07, 6.45) is 30.7. The van der Waals surface area contributed by atoms with E-state index in [0.717, 1.165) is 42.5 Å². The number of rotatable bonds is 29. The molecule has 0 saturated carbocycles. The summed E-state index contributed by atoms with van der Waals surface area (Å²) in [7, 11) is 0. The zero-order valence-corrected chi connectivity index (χ0v) is 28.0. The van der Waals surface area contributed by atoms with Gasteiger partial charge in [0.15, 0.2) is 0 Å². The van der Waals surface area contributed by atoms with Gasteiger partial charge in [0.2, 0.25) is 0 Å². The van der Waals surface area contributed by atoms with E-state index in [-0.39, 0.29) is 5.97 Å². The first-order valence-electron chi connectivity index (χ1n) is 17.2. The molecule has 0 aromatic heterocycles. The Balaban J connectivity index is 2.34. The van der Waals surface area contributed by atoms with Crippen LogP contribution in [0, 0.1) is 0 Å². The lowest BCUT2D eigenvalue weighted by Crippen LogP contribution is -2.07. The molecule has 0 aliphatic carbocycles. The van der Waals surface area contributed by atoms with E-state index in [1.54, 1.807) is 0 Å². The fraction of sp³-hybridized carbons (Fsp3) is 0.806. The lowest BCUT2D eigenvalue weighted by molar-refractivity contribution is -0.145. The lowest BCUT2D eigenvalue weighted by atomic mass is 10.0. The minimum absolute atomic E-state index is 0.135. The summed E-state index contributed by atoms with van der Waals surface area (Å²) in [5.41, 5.74) is 2.32. The summed E-state index contributed by atoms with van der Waals surface area (Å²) in [5, 5.41) is 0.822. The Kier molecular flexibility index (Phi) is 26.0. The van der Waals surface area contributed by atoms with Gasteiger partial charge in [0.05, 0.1) is 6.61 Å². The Morgan fingerprint density at radius 1 is 0.650 bits per heavy atom. The summed E-state index contributed by atoms with van der Waals surface area (Å²) in [5.74, 6) is 0.771. The van der Waals surface area contributed by atoms with Crippen LogP contribution in [0.5, 0.6) is 5.75 Å². The average molecular weight is 624 g/mol. The first kappa shape index (κ1) is 37.0. The van der Waals surface area contributed by atoms with Gasteiger partial charge in [0.1, 0.15) is 12.4 Å². The zero-order valence-electron chi connectivity index (χ0n) is 26.4. The van der Waals surface area contributed by atoms with E-state index in [0.29, 0.717) is 13.0 Å². The standard InChI is InChI=1S/C36H63BrO3/c1-3-5-7-9-11-13-14-15-16-17-18-20-22-25-33-27-28-34(32-40-36(38)26-24-29-37)35(31-33)39-30-23-21-19-12-10-8-6-4-2/h27-28,31H,3-26,29-30,32H2,1-2H3. The minimum atomic E-state index is -0.135. The van der Waals surface area contributed by atoms with Gasteiger partial charge in [0.25, 0.3) is 0 Å². The molecule has 0 saturated heterocycles. The Hall–Kier alpha value is -1.03. The molecule has 0 atom stereocenters. The highest BCUT2D eigenvalue weighted by Crippen LogP contribution is 2.24. The molecule has 3 nitrogen and oxygen atoms in total. The van der Waals surface area contributed by atoms with Crippen molar-refractivity contribution in [1.82, 2.24) is 0 Å². The lowest BCUT2D eigenvalue weighted by Gasteiger charge is -2.14. The molecule has 0 N–H and O–H groups in total. The van der Waals surface area contributed by atoms with E-state index in [2.05, 4.69) is 48.0 Å². The number of benzene rings is 1. The molecule has 1 rings (SSSR count). The maximum Gasteiger partial charge on any atom is 0.306 e. The molecular weight excluding hydrogens is 560 g/mol. The summed E-state index contributed by atoms with van der Waals surface area (Å²) in [4.78, 5) is 12.0. The van der Waals surface area contributed by atoms with Crippen molar-refractivity contribution in [1.29, 1.82) is 0 Å². The van der Waals surface area contributed by atoms with Crippen LogP contribution in [-0.2, 0) is 22.6 Å². The first-order valence-corrected chi connectivity index (χ1v) is 18.3. The van der Waals surface area contributed by atoms with Crippen LogP contribution in [0.3, 0.4) is 0 Å². The summed E-state index contributed by atoms with van der Waals surface area (Å²) in [6, 6.07) is 6.51. The van der Waals surface area contributed by atoms with E-state index in [1.165, 1.54) is 134 Å². The third kappa shape index (κ3) is 21.7. The van der Waals surface area contributed by atoms with Crippen molar-refractivity contribution in [2.75, 3.05) is 11.9 Å². The van der Waals surface area contributed by atoms with E-state index in [4.69, 9.17) is 9.47 Å². The van der Waals surface area contributed by atoms with Gasteiger partial charge >= 0.3 is 5.97 Å². The number of carbonyl (C=O) groups is 1. The summed E-state index contributed by atoms with van der Waals surface area (Å²) < 4.78 is 11.8. The molecule has 4 heteroatoms. The smallest absolute Gasteiger partial charge is 0.306 e. The largest absolute Gasteiger partial charge is 0.493 e. The van der Waals surface area contributed by atoms with Crippen molar-refractivity contribution < 1.29 is 14.3 Å². The SMILES string of the molecule is CCCCCCCCCCCCCCCc1ccc(COC(=O)CCCBr)c(OCCCCCCCCCC)c1. The van der Waals surface area contributed by atoms with E-state index in [1.807, 2.05) is 0 Å². The van der Waals surface area contributed by atoms with Crippen molar-refractivity contribution in [2.45, 2.75) is 175 Å². The minimum Gasteiger partial charge on any atom is -0.493 e. The number of unbranched alkanes of at least 4 members (excludes halogenated alkanes) is 19. The van der Waals surface area contributed by atoms with Crippen molar-refractivity contribution >= 4 is 21.9 Å².